The fourth-order valence-corrected chi connectivity index (χ4v) is 1.49. The zero-order valence-electron chi connectivity index (χ0n) is 10.4. The monoisotopic (exact) mass is 245 g/mol. The van der Waals surface area contributed by atoms with Crippen molar-refractivity contribution in [3.63, 3.8) is 0 Å². The molecule has 17 heavy (non-hydrogen) atoms. The first kappa shape index (κ1) is 15.9. The van der Waals surface area contributed by atoms with Gasteiger partial charge in [0.05, 0.1) is 0 Å². The number of hydrazine groups is 1. The molecule has 0 aromatic rings. The van der Waals surface area contributed by atoms with Crippen molar-refractivity contribution in [3.05, 3.63) is 0 Å². The van der Waals surface area contributed by atoms with Crippen LogP contribution in [0.3, 0.4) is 0 Å². The molecular formula is C11H23N3O3. The molecule has 0 aliphatic rings. The van der Waals surface area contributed by atoms with E-state index in [1.165, 1.54) is 0 Å². The molecule has 0 aromatic carbocycles. The van der Waals surface area contributed by atoms with Gasteiger partial charge in [0.25, 0.3) is 0 Å². The number of carboxylic acids is 1. The van der Waals surface area contributed by atoms with Crippen molar-refractivity contribution in [2.45, 2.75) is 51.5 Å². The number of hydrogen-bond acceptors (Lipinski definition) is 4. The second-order valence-electron chi connectivity index (χ2n) is 4.04. The molecule has 0 saturated heterocycles. The highest BCUT2D eigenvalue weighted by Crippen LogP contribution is 2.08. The summed E-state index contributed by atoms with van der Waals surface area (Å²) >= 11 is 0. The Kier molecular flexibility index (Phi) is 8.35. The average molecular weight is 245 g/mol. The van der Waals surface area contributed by atoms with Crippen molar-refractivity contribution in [3.8, 4) is 0 Å². The lowest BCUT2D eigenvalue weighted by Gasteiger charge is -2.24. The van der Waals surface area contributed by atoms with Gasteiger partial charge in [-0.25, -0.2) is 10.6 Å². The van der Waals surface area contributed by atoms with Gasteiger partial charge < -0.3 is 10.8 Å². The summed E-state index contributed by atoms with van der Waals surface area (Å²) in [6.45, 7) is 2.48. The standard InChI is InChI=1S/C11H23N3O3/c1-2-3-7-10(15)14(13)9(11(16)17)6-4-5-8-12/h9H,2-8,12-13H2,1H3,(H,16,17)/t9-/m0/s1. The molecule has 0 fully saturated rings. The van der Waals surface area contributed by atoms with Gasteiger partial charge in [0, 0.05) is 6.42 Å². The molecule has 1 amide bonds. The predicted octanol–water partition coefficient (Wildman–Crippen LogP) is 0.461. The second kappa shape index (κ2) is 8.95. The van der Waals surface area contributed by atoms with Crippen molar-refractivity contribution in [1.82, 2.24) is 5.01 Å². The van der Waals surface area contributed by atoms with Crippen molar-refractivity contribution >= 4 is 11.9 Å². The molecule has 0 bridgehead atoms. The maximum Gasteiger partial charge on any atom is 0.328 e. The van der Waals surface area contributed by atoms with E-state index in [2.05, 4.69) is 0 Å². The van der Waals surface area contributed by atoms with Gasteiger partial charge in [-0.15, -0.1) is 0 Å². The van der Waals surface area contributed by atoms with Gasteiger partial charge in [-0.2, -0.15) is 0 Å². The number of carbonyl (C=O) groups is 2. The topological polar surface area (TPSA) is 110 Å². The summed E-state index contributed by atoms with van der Waals surface area (Å²) in [5, 5.41) is 9.87. The van der Waals surface area contributed by atoms with Crippen LogP contribution in [0.4, 0.5) is 0 Å². The van der Waals surface area contributed by atoms with Gasteiger partial charge in [-0.05, 0) is 32.2 Å². The minimum atomic E-state index is -1.06. The lowest BCUT2D eigenvalue weighted by Crippen LogP contribution is -2.49. The molecule has 0 saturated carbocycles. The number of nitrogens with zero attached hydrogens (tertiary/aromatic N) is 1. The van der Waals surface area contributed by atoms with Crippen LogP contribution in [0, 0.1) is 0 Å². The summed E-state index contributed by atoms with van der Waals surface area (Å²) in [7, 11) is 0. The minimum Gasteiger partial charge on any atom is -0.480 e. The van der Waals surface area contributed by atoms with Crippen LogP contribution in [0.1, 0.15) is 45.4 Å². The van der Waals surface area contributed by atoms with Crippen LogP contribution in [-0.2, 0) is 9.59 Å². The van der Waals surface area contributed by atoms with Crippen LogP contribution in [0.25, 0.3) is 0 Å². The molecule has 0 aliphatic heterocycles. The van der Waals surface area contributed by atoms with E-state index in [0.29, 0.717) is 25.8 Å². The molecule has 5 N–H and O–H groups in total. The Morgan fingerprint density at radius 1 is 1.29 bits per heavy atom. The summed E-state index contributed by atoms with van der Waals surface area (Å²) < 4.78 is 0. The zero-order valence-corrected chi connectivity index (χ0v) is 10.4. The largest absolute Gasteiger partial charge is 0.480 e. The van der Waals surface area contributed by atoms with E-state index >= 15 is 0 Å². The minimum absolute atomic E-state index is 0.299. The molecule has 0 heterocycles. The third-order valence-electron chi connectivity index (χ3n) is 2.58. The van der Waals surface area contributed by atoms with E-state index in [-0.39, 0.29) is 5.91 Å². The van der Waals surface area contributed by atoms with Crippen molar-refractivity contribution in [2.75, 3.05) is 6.54 Å². The quantitative estimate of drug-likeness (QED) is 0.236. The second-order valence-corrected chi connectivity index (χ2v) is 4.04. The van der Waals surface area contributed by atoms with Crippen molar-refractivity contribution in [1.29, 1.82) is 0 Å². The van der Waals surface area contributed by atoms with Gasteiger partial charge in [0.1, 0.15) is 6.04 Å². The molecule has 1 atom stereocenters. The maximum absolute atomic E-state index is 11.6. The van der Waals surface area contributed by atoms with E-state index in [1.807, 2.05) is 6.92 Å². The van der Waals surface area contributed by atoms with Crippen LogP contribution in [0.5, 0.6) is 0 Å². The van der Waals surface area contributed by atoms with E-state index in [9.17, 15) is 9.59 Å². The van der Waals surface area contributed by atoms with Crippen LogP contribution < -0.4 is 11.6 Å². The average Bonchev–Trinajstić information content (AvgIpc) is 2.30. The molecule has 0 aromatic heterocycles. The highest BCUT2D eigenvalue weighted by atomic mass is 16.4. The number of carbonyl (C=O) groups excluding carboxylic acids is 1. The molecule has 0 aliphatic carbocycles. The number of rotatable bonds is 9. The highest BCUT2D eigenvalue weighted by molar-refractivity contribution is 5.83. The summed E-state index contributed by atoms with van der Waals surface area (Å²) in [4.78, 5) is 22.6. The van der Waals surface area contributed by atoms with Crippen LogP contribution in [0.2, 0.25) is 0 Å². The van der Waals surface area contributed by atoms with E-state index in [4.69, 9.17) is 16.7 Å². The van der Waals surface area contributed by atoms with Gasteiger partial charge >= 0.3 is 5.97 Å². The lowest BCUT2D eigenvalue weighted by molar-refractivity contribution is -0.151. The lowest BCUT2D eigenvalue weighted by atomic mass is 10.1. The summed E-state index contributed by atoms with van der Waals surface area (Å²) in [5.41, 5.74) is 5.33. The zero-order chi connectivity index (χ0) is 13.3. The van der Waals surface area contributed by atoms with Crippen molar-refractivity contribution in [2.24, 2.45) is 11.6 Å². The van der Waals surface area contributed by atoms with E-state index < -0.39 is 12.0 Å². The van der Waals surface area contributed by atoms with Gasteiger partial charge in [0.2, 0.25) is 5.91 Å². The summed E-state index contributed by atoms with van der Waals surface area (Å²) in [5.74, 6) is 4.18. The normalized spacial score (nSPS) is 12.2. The van der Waals surface area contributed by atoms with E-state index in [1.54, 1.807) is 0 Å². The van der Waals surface area contributed by atoms with Gasteiger partial charge in [-0.3, -0.25) is 9.80 Å². The number of nitrogens with two attached hydrogens (primary N) is 2. The first-order valence-electron chi connectivity index (χ1n) is 6.04. The molecule has 6 nitrogen and oxygen atoms in total. The summed E-state index contributed by atoms with van der Waals surface area (Å²) in [6.07, 6.45) is 3.64. The Morgan fingerprint density at radius 3 is 2.41 bits per heavy atom. The predicted molar refractivity (Wildman–Crippen MR) is 64.9 cm³/mol. The number of amides is 1. The van der Waals surface area contributed by atoms with E-state index in [0.717, 1.165) is 24.3 Å². The fourth-order valence-electron chi connectivity index (χ4n) is 1.49. The first-order valence-corrected chi connectivity index (χ1v) is 6.04. The maximum atomic E-state index is 11.6. The summed E-state index contributed by atoms with van der Waals surface area (Å²) in [6, 6.07) is -0.939. The molecule has 0 rings (SSSR count). The Hall–Kier alpha value is -1.14. The Labute approximate surface area is 102 Å². The number of carboxylic acid groups (broad SMARTS) is 1. The molecule has 0 unspecified atom stereocenters. The third-order valence-corrected chi connectivity index (χ3v) is 2.58. The van der Waals surface area contributed by atoms with Crippen molar-refractivity contribution < 1.29 is 14.7 Å². The Bertz CT molecular complexity index is 246. The third kappa shape index (κ3) is 6.23. The van der Waals surface area contributed by atoms with Gasteiger partial charge in [-0.1, -0.05) is 13.3 Å². The van der Waals surface area contributed by atoms with Crippen LogP contribution >= 0.6 is 0 Å². The fraction of sp³-hybridized carbons (Fsp3) is 0.818. The Balaban J connectivity index is 4.27. The Morgan fingerprint density at radius 2 is 1.94 bits per heavy atom. The molecule has 0 radical (unpaired) electrons. The van der Waals surface area contributed by atoms with Crippen LogP contribution in [0.15, 0.2) is 0 Å². The van der Waals surface area contributed by atoms with Crippen LogP contribution in [-0.4, -0.2) is 34.6 Å². The smallest absolute Gasteiger partial charge is 0.328 e. The highest BCUT2D eigenvalue weighted by Gasteiger charge is 2.26. The molecule has 6 heteroatoms. The number of hydrogen-bond donors (Lipinski definition) is 3. The molecule has 0 spiro atoms. The SMILES string of the molecule is CCCCC(=O)N(N)[C@@H](CCCCN)C(=O)O. The first-order chi connectivity index (χ1) is 8.04. The van der Waals surface area contributed by atoms with Gasteiger partial charge in [0.15, 0.2) is 0 Å². The molecule has 100 valence electrons. The number of aliphatic carboxylic acids is 1. The molecular weight excluding hydrogens is 222 g/mol. The number of unbranched alkanes of at least 4 members (excludes halogenated alkanes) is 2.